The number of pyridine rings is 1. The Morgan fingerprint density at radius 2 is 1.80 bits per heavy atom. The first-order chi connectivity index (χ1) is 21.3. The number of likely N-dealkylation sites (tertiary alicyclic amines) is 1. The molecule has 4 rings (SSSR count). The lowest BCUT2D eigenvalue weighted by molar-refractivity contribution is -0.172. The fraction of sp³-hybridized carbons (Fsp3) is 0.543. The number of Topliss-reactive ketones (excluding diaryl/α,β-unsaturated/α-hetero) is 1. The summed E-state index contributed by atoms with van der Waals surface area (Å²) in [5.74, 6) is -1.28. The Kier molecular flexibility index (Phi) is 10.3. The van der Waals surface area contributed by atoms with E-state index < -0.39 is 28.6 Å². The summed E-state index contributed by atoms with van der Waals surface area (Å²) in [5, 5.41) is 7.87. The number of hydrogen-bond acceptors (Lipinski definition) is 7. The van der Waals surface area contributed by atoms with Crippen molar-refractivity contribution in [2.45, 2.75) is 112 Å². The molecule has 2 atom stereocenters. The lowest BCUT2D eigenvalue weighted by Crippen LogP contribution is -2.51. The largest absolute Gasteiger partial charge is 0.460 e. The summed E-state index contributed by atoms with van der Waals surface area (Å²) in [7, 11) is 0. The van der Waals surface area contributed by atoms with Gasteiger partial charge in [0.15, 0.2) is 17.4 Å². The highest BCUT2D eigenvalue weighted by Crippen LogP contribution is 2.42. The number of aryl methyl sites for hydroxylation is 1. The van der Waals surface area contributed by atoms with Gasteiger partial charge in [0.25, 0.3) is 0 Å². The van der Waals surface area contributed by atoms with Crippen LogP contribution in [0, 0.1) is 24.0 Å². The van der Waals surface area contributed by atoms with Crippen molar-refractivity contribution >= 4 is 35.0 Å². The Bertz CT molecular complexity index is 1610. The van der Waals surface area contributed by atoms with E-state index in [4.69, 9.17) is 16.3 Å². The smallest absolute Gasteiger partial charge is 0.313 e. The number of rotatable bonds is 9. The topological polar surface area (TPSA) is 89.3 Å². The van der Waals surface area contributed by atoms with Crippen LogP contribution >= 0.6 is 11.6 Å². The molecule has 8 nitrogen and oxygen atoms in total. The summed E-state index contributed by atoms with van der Waals surface area (Å²) in [6.45, 7) is 17.8. The van der Waals surface area contributed by atoms with Gasteiger partial charge >= 0.3 is 5.97 Å². The fourth-order valence-corrected chi connectivity index (χ4v) is 6.32. The van der Waals surface area contributed by atoms with Crippen molar-refractivity contribution < 1.29 is 23.1 Å². The number of benzene rings is 1. The van der Waals surface area contributed by atoms with Gasteiger partial charge in [-0.3, -0.25) is 19.2 Å². The molecule has 1 N–H and O–H groups in total. The molecule has 1 saturated heterocycles. The number of nitrogens with one attached hydrogen (secondary N) is 1. The number of ether oxygens (including phenoxy) is 1. The third kappa shape index (κ3) is 7.94. The first-order valence-electron chi connectivity index (χ1n) is 15.8. The van der Waals surface area contributed by atoms with E-state index in [0.29, 0.717) is 37.3 Å². The van der Waals surface area contributed by atoms with Gasteiger partial charge in [0.05, 0.1) is 27.2 Å². The average Bonchev–Trinajstić information content (AvgIpc) is 3.33. The highest BCUT2D eigenvalue weighted by Gasteiger charge is 2.47. The second kappa shape index (κ2) is 13.4. The third-order valence-electron chi connectivity index (χ3n) is 8.36. The first kappa shape index (κ1) is 35.5. The number of nitrogens with zero attached hydrogens (tertiary/aromatic N) is 4. The van der Waals surface area contributed by atoms with E-state index in [9.17, 15) is 14.0 Å². The fourth-order valence-electron chi connectivity index (χ4n) is 6.13. The predicted molar refractivity (Wildman–Crippen MR) is 177 cm³/mol. The number of carbonyl (C=O) groups excluding carboxylic acids is 2. The molecule has 1 fully saturated rings. The van der Waals surface area contributed by atoms with Crippen LogP contribution in [0.25, 0.3) is 0 Å². The van der Waals surface area contributed by atoms with E-state index in [1.807, 2.05) is 45.4 Å². The molecule has 1 unspecified atom stereocenters. The van der Waals surface area contributed by atoms with Crippen LogP contribution in [0.15, 0.2) is 30.3 Å². The zero-order chi connectivity index (χ0) is 34.2. The van der Waals surface area contributed by atoms with Gasteiger partial charge in [-0.1, -0.05) is 30.7 Å². The quantitative estimate of drug-likeness (QED) is 0.183. The number of aromatic nitrogens is 3. The minimum absolute atomic E-state index is 0.00108. The number of hydrogen-bond donors (Lipinski definition) is 1. The van der Waals surface area contributed by atoms with E-state index in [-0.39, 0.29) is 52.3 Å². The van der Waals surface area contributed by atoms with Gasteiger partial charge in [-0.15, -0.1) is 0 Å². The van der Waals surface area contributed by atoms with Crippen LogP contribution in [0.3, 0.4) is 0 Å². The maximum absolute atomic E-state index is 16.2. The van der Waals surface area contributed by atoms with Gasteiger partial charge in [0.1, 0.15) is 17.2 Å². The van der Waals surface area contributed by atoms with Gasteiger partial charge in [-0.25, -0.2) is 13.8 Å². The van der Waals surface area contributed by atoms with Gasteiger partial charge < -0.3 is 10.1 Å². The standard InChI is InChI=1S/C35H46ClF2N5O3/c1-10-27(44)24-17-28(40-29-16-21(2)43(41-29)33(4,5)6)39-26(31(24)38)19-35(32(45)46-34(7,8)9)14-15-42(22(3)18-35)20-23-12-11-13-25(36)30(23)37/h11-13,16-17,22H,10,14-15,18-20H2,1-9H3,(H,39,40,41)/t22-,35?/m1/s1. The van der Waals surface area contributed by atoms with Gasteiger partial charge in [0, 0.05) is 42.8 Å². The molecule has 0 radical (unpaired) electrons. The second-order valence-corrected chi connectivity index (χ2v) is 14.8. The van der Waals surface area contributed by atoms with Crippen LogP contribution in [0.4, 0.5) is 20.4 Å². The van der Waals surface area contributed by atoms with Crippen LogP contribution < -0.4 is 5.32 Å². The summed E-state index contributed by atoms with van der Waals surface area (Å²) in [5.41, 5.74) is -0.897. The van der Waals surface area contributed by atoms with E-state index in [0.717, 1.165) is 5.69 Å². The molecule has 1 aromatic carbocycles. The third-order valence-corrected chi connectivity index (χ3v) is 8.65. The average molecular weight is 658 g/mol. The molecule has 0 aliphatic carbocycles. The van der Waals surface area contributed by atoms with Crippen molar-refractivity contribution in [2.75, 3.05) is 11.9 Å². The lowest BCUT2D eigenvalue weighted by Gasteiger charge is -2.45. The summed E-state index contributed by atoms with van der Waals surface area (Å²) in [6.07, 6.45) is 0.655. The van der Waals surface area contributed by atoms with Crippen molar-refractivity contribution in [2.24, 2.45) is 5.41 Å². The van der Waals surface area contributed by atoms with Crippen LogP contribution in [0.2, 0.25) is 5.02 Å². The molecule has 3 aromatic rings. The maximum atomic E-state index is 16.2. The molecule has 1 aliphatic heterocycles. The molecule has 250 valence electrons. The number of ketones is 1. The van der Waals surface area contributed by atoms with Crippen molar-refractivity contribution in [3.63, 3.8) is 0 Å². The Hall–Kier alpha value is -3.37. The Labute approximate surface area is 275 Å². The summed E-state index contributed by atoms with van der Waals surface area (Å²) < 4.78 is 38.7. The Morgan fingerprint density at radius 3 is 2.39 bits per heavy atom. The molecule has 0 spiro atoms. The molecular weight excluding hydrogens is 612 g/mol. The minimum atomic E-state index is -1.14. The van der Waals surface area contributed by atoms with E-state index >= 15 is 4.39 Å². The summed E-state index contributed by atoms with van der Waals surface area (Å²) in [4.78, 5) is 33.6. The van der Waals surface area contributed by atoms with Crippen LogP contribution in [-0.4, -0.2) is 49.6 Å². The van der Waals surface area contributed by atoms with Crippen LogP contribution in [-0.2, 0) is 28.0 Å². The van der Waals surface area contributed by atoms with Crippen molar-refractivity contribution in [1.82, 2.24) is 19.7 Å². The Balaban J connectivity index is 1.72. The Morgan fingerprint density at radius 1 is 1.11 bits per heavy atom. The molecule has 0 saturated carbocycles. The second-order valence-electron chi connectivity index (χ2n) is 14.4. The zero-order valence-electron chi connectivity index (χ0n) is 28.4. The molecule has 46 heavy (non-hydrogen) atoms. The summed E-state index contributed by atoms with van der Waals surface area (Å²) >= 11 is 6.03. The molecule has 2 aromatic heterocycles. The first-order valence-corrected chi connectivity index (χ1v) is 16.2. The maximum Gasteiger partial charge on any atom is 0.313 e. The normalized spacial score (nSPS) is 19.3. The summed E-state index contributed by atoms with van der Waals surface area (Å²) in [6, 6.07) is 7.98. The molecule has 0 bridgehead atoms. The lowest BCUT2D eigenvalue weighted by atomic mass is 9.71. The number of carbonyl (C=O) groups is 2. The van der Waals surface area contributed by atoms with Crippen LogP contribution in [0.5, 0.6) is 0 Å². The van der Waals surface area contributed by atoms with Gasteiger partial charge in [-0.05, 0) is 86.9 Å². The van der Waals surface area contributed by atoms with Gasteiger partial charge in [-0.2, -0.15) is 5.10 Å². The molecule has 11 heteroatoms. The highest BCUT2D eigenvalue weighted by molar-refractivity contribution is 6.30. The zero-order valence-corrected chi connectivity index (χ0v) is 29.1. The van der Waals surface area contributed by atoms with E-state index in [1.165, 1.54) is 12.1 Å². The molecule has 3 heterocycles. The van der Waals surface area contributed by atoms with E-state index in [1.54, 1.807) is 39.8 Å². The van der Waals surface area contributed by atoms with Crippen molar-refractivity contribution in [3.05, 3.63) is 69.5 Å². The monoisotopic (exact) mass is 657 g/mol. The SMILES string of the molecule is CCC(=O)c1cc(Nc2cc(C)n(C(C)(C)C)n2)nc(CC2(C(=O)OC(C)(C)C)CCN(Cc3cccc(Cl)c3F)[C@H](C)C2)c1F. The van der Waals surface area contributed by atoms with E-state index in [2.05, 4.69) is 20.3 Å². The van der Waals surface area contributed by atoms with Crippen molar-refractivity contribution in [3.8, 4) is 0 Å². The minimum Gasteiger partial charge on any atom is -0.460 e. The van der Waals surface area contributed by atoms with Gasteiger partial charge in [0.2, 0.25) is 0 Å². The number of esters is 1. The molecule has 0 amide bonds. The van der Waals surface area contributed by atoms with Crippen molar-refractivity contribution in [1.29, 1.82) is 0 Å². The molecular formula is C35H46ClF2N5O3. The number of halogens is 3. The highest BCUT2D eigenvalue weighted by atomic mass is 35.5. The molecule has 1 aliphatic rings. The number of anilines is 2. The van der Waals surface area contributed by atoms with Crippen LogP contribution in [0.1, 0.15) is 102 Å². The predicted octanol–water partition coefficient (Wildman–Crippen LogP) is 8.16. The number of piperidine rings is 1.